The number of ketones is 1. The third-order valence-electron chi connectivity index (χ3n) is 6.97. The topological polar surface area (TPSA) is 77.2 Å². The molecule has 1 saturated heterocycles. The van der Waals surface area contributed by atoms with Crippen LogP contribution in [0.2, 0.25) is 0 Å². The quantitative estimate of drug-likeness (QED) is 0.345. The number of Topliss-reactive ketones (excluding diaryl/α,β-unsaturated/α-hetero) is 1. The second kappa shape index (κ2) is 9.15. The Morgan fingerprint density at radius 3 is 2.86 bits per heavy atom. The number of halogens is 1. The first-order valence-corrected chi connectivity index (χ1v) is 12.5. The molecule has 1 aliphatic carbocycles. The predicted octanol–water partition coefficient (Wildman–Crippen LogP) is 5.16. The summed E-state index contributed by atoms with van der Waals surface area (Å²) in [4.78, 5) is 27.1. The molecule has 0 bridgehead atoms. The van der Waals surface area contributed by atoms with E-state index in [4.69, 9.17) is 4.84 Å². The number of anilines is 2. The minimum atomic E-state index is -0.507. The van der Waals surface area contributed by atoms with E-state index in [1.165, 1.54) is 6.20 Å². The first kappa shape index (κ1) is 22.9. The molecule has 2 fully saturated rings. The molecule has 6 rings (SSSR count). The average Bonchev–Trinajstić information content (AvgIpc) is 3.30. The minimum Gasteiger partial charge on any atom is -0.347 e. The van der Waals surface area contributed by atoms with Crippen molar-refractivity contribution in [2.24, 2.45) is 5.92 Å². The second-order valence-corrected chi connectivity index (χ2v) is 9.61. The SMILES string of the molecule is CCn1cc(C(=O)C2CC2)c2cc(Nc3ncc(F)c(-n4cc(C)c(CN5CCCO5)c4)n3)ccc21. The number of hydrogen-bond acceptors (Lipinski definition) is 6. The van der Waals surface area contributed by atoms with Gasteiger partial charge in [0.05, 0.1) is 19.3 Å². The van der Waals surface area contributed by atoms with Crippen LogP contribution in [0.15, 0.2) is 43.0 Å². The van der Waals surface area contributed by atoms with Gasteiger partial charge in [0, 0.05) is 59.8 Å². The Hall–Kier alpha value is -3.56. The molecule has 186 valence electrons. The maximum atomic E-state index is 14.8. The number of fused-ring (bicyclic) bond motifs is 1. The first-order valence-electron chi connectivity index (χ1n) is 12.5. The average molecular weight is 489 g/mol. The fourth-order valence-electron chi connectivity index (χ4n) is 4.83. The lowest BCUT2D eigenvalue weighted by atomic mass is 10.1. The molecular weight excluding hydrogens is 459 g/mol. The third-order valence-corrected chi connectivity index (χ3v) is 6.97. The Kier molecular flexibility index (Phi) is 5.81. The van der Waals surface area contributed by atoms with E-state index < -0.39 is 5.82 Å². The number of hydroxylamine groups is 2. The molecule has 2 aliphatic rings. The number of carbonyl (C=O) groups excluding carboxylic acids is 1. The van der Waals surface area contributed by atoms with Crippen LogP contribution in [0, 0.1) is 18.7 Å². The van der Waals surface area contributed by atoms with Gasteiger partial charge in [-0.25, -0.2) is 9.37 Å². The molecule has 1 aromatic carbocycles. The molecule has 0 spiro atoms. The second-order valence-electron chi connectivity index (χ2n) is 9.61. The van der Waals surface area contributed by atoms with E-state index in [2.05, 4.69) is 26.8 Å². The van der Waals surface area contributed by atoms with Gasteiger partial charge >= 0.3 is 0 Å². The van der Waals surface area contributed by atoms with Crippen molar-refractivity contribution in [3.63, 3.8) is 0 Å². The Bertz CT molecular complexity index is 1450. The maximum absolute atomic E-state index is 14.8. The number of nitrogens with zero attached hydrogens (tertiary/aromatic N) is 5. The zero-order chi connectivity index (χ0) is 24.8. The number of hydrogen-bond donors (Lipinski definition) is 1. The standard InChI is InChI=1S/C27H29FN6O2/c1-3-32-16-22(25(35)18-5-6-18)21-11-20(7-8-24(21)32)30-27-29-12-23(28)26(31-27)33-13-17(2)19(14-33)15-34-9-4-10-36-34/h7-8,11-14,16,18H,3-6,9-10,15H2,1-2H3,(H,29,30,31). The molecule has 4 aromatic rings. The summed E-state index contributed by atoms with van der Waals surface area (Å²) in [5.74, 6) is 0.307. The van der Waals surface area contributed by atoms with Crippen LogP contribution in [-0.4, -0.2) is 43.1 Å². The van der Waals surface area contributed by atoms with Gasteiger partial charge in [-0.2, -0.15) is 10.0 Å². The van der Waals surface area contributed by atoms with Gasteiger partial charge in [-0.3, -0.25) is 9.63 Å². The van der Waals surface area contributed by atoms with E-state index in [1.807, 2.05) is 48.8 Å². The summed E-state index contributed by atoms with van der Waals surface area (Å²) in [5, 5.41) is 6.04. The molecule has 1 N–H and O–H groups in total. The molecule has 0 radical (unpaired) electrons. The summed E-state index contributed by atoms with van der Waals surface area (Å²) in [6, 6.07) is 5.88. The van der Waals surface area contributed by atoms with E-state index in [-0.39, 0.29) is 23.5 Å². The molecule has 0 atom stereocenters. The fraction of sp³-hybridized carbons (Fsp3) is 0.370. The van der Waals surface area contributed by atoms with Crippen LogP contribution in [-0.2, 0) is 17.9 Å². The minimum absolute atomic E-state index is 0.146. The summed E-state index contributed by atoms with van der Waals surface area (Å²) in [6.45, 7) is 7.13. The van der Waals surface area contributed by atoms with Gasteiger partial charge in [-0.05, 0) is 62.4 Å². The van der Waals surface area contributed by atoms with Crippen molar-refractivity contribution in [1.82, 2.24) is 24.2 Å². The molecule has 1 aliphatic heterocycles. The van der Waals surface area contributed by atoms with Gasteiger partial charge in [-0.1, -0.05) is 0 Å². The lowest BCUT2D eigenvalue weighted by Crippen LogP contribution is -2.17. The summed E-state index contributed by atoms with van der Waals surface area (Å²) in [6.07, 6.45) is 9.84. The molecule has 36 heavy (non-hydrogen) atoms. The van der Waals surface area contributed by atoms with Gasteiger partial charge in [0.2, 0.25) is 5.95 Å². The molecule has 0 amide bonds. The van der Waals surface area contributed by atoms with Crippen molar-refractivity contribution in [1.29, 1.82) is 0 Å². The van der Waals surface area contributed by atoms with Crippen LogP contribution in [0.3, 0.4) is 0 Å². The van der Waals surface area contributed by atoms with E-state index in [9.17, 15) is 9.18 Å². The van der Waals surface area contributed by atoms with Crippen LogP contribution in [0.25, 0.3) is 16.7 Å². The Balaban J connectivity index is 1.29. The lowest BCUT2D eigenvalue weighted by Gasteiger charge is -2.12. The lowest BCUT2D eigenvalue weighted by molar-refractivity contribution is -0.117. The number of rotatable bonds is 8. The largest absolute Gasteiger partial charge is 0.347 e. The smallest absolute Gasteiger partial charge is 0.229 e. The van der Waals surface area contributed by atoms with Gasteiger partial charge in [-0.15, -0.1) is 0 Å². The number of aryl methyl sites for hydroxylation is 2. The van der Waals surface area contributed by atoms with E-state index >= 15 is 0 Å². The summed E-state index contributed by atoms with van der Waals surface area (Å²) < 4.78 is 18.6. The van der Waals surface area contributed by atoms with Crippen LogP contribution in [0.1, 0.15) is 47.7 Å². The third kappa shape index (κ3) is 4.29. The molecule has 4 heterocycles. The fourth-order valence-corrected chi connectivity index (χ4v) is 4.83. The normalized spacial score (nSPS) is 16.2. The van der Waals surface area contributed by atoms with Gasteiger partial charge in [0.15, 0.2) is 17.4 Å². The molecule has 8 nitrogen and oxygen atoms in total. The van der Waals surface area contributed by atoms with Crippen molar-refractivity contribution in [2.75, 3.05) is 18.5 Å². The monoisotopic (exact) mass is 488 g/mol. The van der Waals surface area contributed by atoms with E-state index in [0.717, 1.165) is 72.2 Å². The maximum Gasteiger partial charge on any atom is 0.229 e. The van der Waals surface area contributed by atoms with Crippen molar-refractivity contribution in [3.05, 3.63) is 65.5 Å². The highest BCUT2D eigenvalue weighted by Crippen LogP contribution is 2.36. The van der Waals surface area contributed by atoms with Crippen molar-refractivity contribution >= 4 is 28.3 Å². The first-order chi connectivity index (χ1) is 17.5. The Labute approximate surface area is 208 Å². The van der Waals surface area contributed by atoms with E-state index in [0.29, 0.717) is 6.54 Å². The van der Waals surface area contributed by atoms with E-state index in [1.54, 1.807) is 4.57 Å². The van der Waals surface area contributed by atoms with Gasteiger partial charge < -0.3 is 14.5 Å². The molecule has 1 saturated carbocycles. The summed E-state index contributed by atoms with van der Waals surface area (Å²) in [5.41, 5.74) is 4.62. The Morgan fingerprint density at radius 1 is 1.25 bits per heavy atom. The number of aromatic nitrogens is 4. The predicted molar refractivity (Wildman–Crippen MR) is 135 cm³/mol. The van der Waals surface area contributed by atoms with Crippen molar-refractivity contribution in [3.8, 4) is 5.82 Å². The zero-order valence-electron chi connectivity index (χ0n) is 20.5. The molecule has 3 aromatic heterocycles. The van der Waals surface area contributed by atoms with Gasteiger partial charge in [0.25, 0.3) is 0 Å². The molecular formula is C27H29FN6O2. The zero-order valence-corrected chi connectivity index (χ0v) is 20.5. The molecule has 0 unspecified atom stereocenters. The summed E-state index contributed by atoms with van der Waals surface area (Å²) >= 11 is 0. The van der Waals surface area contributed by atoms with Crippen molar-refractivity contribution < 1.29 is 14.0 Å². The van der Waals surface area contributed by atoms with Crippen LogP contribution >= 0.6 is 0 Å². The van der Waals surface area contributed by atoms with Crippen LogP contribution < -0.4 is 5.32 Å². The van der Waals surface area contributed by atoms with Gasteiger partial charge in [0.1, 0.15) is 0 Å². The van der Waals surface area contributed by atoms with Crippen LogP contribution in [0.5, 0.6) is 0 Å². The Morgan fingerprint density at radius 2 is 2.11 bits per heavy atom. The highest BCUT2D eigenvalue weighted by atomic mass is 19.1. The highest BCUT2D eigenvalue weighted by Gasteiger charge is 2.32. The number of carbonyl (C=O) groups is 1. The molecule has 9 heteroatoms. The summed E-state index contributed by atoms with van der Waals surface area (Å²) in [7, 11) is 0. The number of benzene rings is 1. The highest BCUT2D eigenvalue weighted by molar-refractivity contribution is 6.10. The van der Waals surface area contributed by atoms with Crippen LogP contribution in [0.4, 0.5) is 16.0 Å². The van der Waals surface area contributed by atoms with Crippen molar-refractivity contribution in [2.45, 2.75) is 46.2 Å². The number of nitrogens with one attached hydrogen (secondary N) is 1.